The number of benzene rings is 3. The van der Waals surface area contributed by atoms with Crippen LogP contribution < -0.4 is 20.7 Å². The van der Waals surface area contributed by atoms with Gasteiger partial charge >= 0.3 is 0 Å². The van der Waals surface area contributed by atoms with E-state index in [9.17, 15) is 5.11 Å². The van der Waals surface area contributed by atoms with Crippen LogP contribution in [0.4, 0.5) is 5.69 Å². The molecule has 2 unspecified atom stereocenters. The minimum Gasteiger partial charge on any atom is -0.508 e. The molecule has 0 fully saturated rings. The number of phenols is 1. The van der Waals surface area contributed by atoms with Crippen molar-refractivity contribution < 1.29 is 5.11 Å². The van der Waals surface area contributed by atoms with Gasteiger partial charge in [0.1, 0.15) is 5.75 Å². The quantitative estimate of drug-likeness (QED) is 0.271. The predicted octanol–water partition coefficient (Wildman–Crippen LogP) is 7.44. The van der Waals surface area contributed by atoms with Gasteiger partial charge in [0.25, 0.3) is 0 Å². The second-order valence-electron chi connectivity index (χ2n) is 10.7. The highest BCUT2D eigenvalue weighted by Gasteiger charge is 2.36. The van der Waals surface area contributed by atoms with Crippen LogP contribution in [0.15, 0.2) is 103 Å². The normalized spacial score (nSPS) is 20.6. The lowest BCUT2D eigenvalue weighted by Gasteiger charge is -2.36. The molecule has 1 heterocycles. The largest absolute Gasteiger partial charge is 0.508 e. The van der Waals surface area contributed by atoms with Gasteiger partial charge in [-0.25, -0.2) is 0 Å². The van der Waals surface area contributed by atoms with Crippen LogP contribution in [-0.4, -0.2) is 23.7 Å². The van der Waals surface area contributed by atoms with Crippen LogP contribution >= 0.6 is 11.6 Å². The molecule has 0 saturated carbocycles. The van der Waals surface area contributed by atoms with Gasteiger partial charge in [0, 0.05) is 29.3 Å². The first-order valence-electron chi connectivity index (χ1n) is 14.2. The Hall–Kier alpha value is -3.53. The highest BCUT2D eigenvalue weighted by atomic mass is 35.5. The summed E-state index contributed by atoms with van der Waals surface area (Å²) in [5.41, 5.74) is 4.41. The van der Waals surface area contributed by atoms with Gasteiger partial charge in [0.15, 0.2) is 0 Å². The van der Waals surface area contributed by atoms with Gasteiger partial charge in [0.2, 0.25) is 0 Å². The van der Waals surface area contributed by atoms with E-state index in [-0.39, 0.29) is 17.3 Å². The molecule has 40 heavy (non-hydrogen) atoms. The van der Waals surface area contributed by atoms with E-state index < -0.39 is 0 Å². The Bertz CT molecular complexity index is 1490. The number of nitrogens with one attached hydrogen (secondary N) is 1. The molecule has 0 saturated heterocycles. The number of rotatable bonds is 9. The minimum absolute atomic E-state index is 0.0808. The Morgan fingerprint density at radius 3 is 2.50 bits per heavy atom. The highest BCUT2D eigenvalue weighted by Crippen LogP contribution is 2.39. The van der Waals surface area contributed by atoms with Crippen molar-refractivity contribution in [2.24, 2.45) is 0 Å². The number of hydrogen-bond acceptors (Lipinski definition) is 3. The molecule has 0 radical (unpaired) electrons. The molecule has 3 nitrogen and oxygen atoms in total. The average molecular weight is 553 g/mol. The summed E-state index contributed by atoms with van der Waals surface area (Å²) in [6, 6.07) is 22.3. The van der Waals surface area contributed by atoms with Gasteiger partial charge in [-0.05, 0) is 90.6 Å². The summed E-state index contributed by atoms with van der Waals surface area (Å²) in [6.07, 6.45) is 15.7. The van der Waals surface area contributed by atoms with Gasteiger partial charge in [-0.1, -0.05) is 98.0 Å². The summed E-state index contributed by atoms with van der Waals surface area (Å²) in [5, 5.41) is 17.3. The molecule has 0 bridgehead atoms. The Kier molecular flexibility index (Phi) is 10.1. The third-order valence-corrected chi connectivity index (χ3v) is 7.81. The second kappa shape index (κ2) is 13.7. The Labute approximate surface area is 244 Å². The number of phenolic OH excluding ortho intramolecular Hbond substituents is 1. The summed E-state index contributed by atoms with van der Waals surface area (Å²) in [7, 11) is 0. The molecule has 0 amide bonds. The topological polar surface area (TPSA) is 35.5 Å². The van der Waals surface area contributed by atoms with E-state index in [1.54, 1.807) is 12.1 Å². The van der Waals surface area contributed by atoms with E-state index in [1.807, 2.05) is 30.4 Å². The molecule has 1 aliphatic rings. The average Bonchev–Trinajstić information content (AvgIpc) is 3.06. The van der Waals surface area contributed by atoms with Crippen molar-refractivity contribution in [1.82, 2.24) is 5.32 Å². The molecule has 2 N–H and O–H groups in total. The Morgan fingerprint density at radius 2 is 1.82 bits per heavy atom. The number of hydrogen-bond donors (Lipinski definition) is 2. The summed E-state index contributed by atoms with van der Waals surface area (Å²) >= 11 is 6.59. The lowest BCUT2D eigenvalue weighted by atomic mass is 9.91. The summed E-state index contributed by atoms with van der Waals surface area (Å²) in [4.78, 5) is 2.47. The summed E-state index contributed by atoms with van der Waals surface area (Å²) < 4.78 is 0. The lowest BCUT2D eigenvalue weighted by molar-refractivity contribution is 0.322. The maximum Gasteiger partial charge on any atom is 0.115 e. The first-order valence-corrected chi connectivity index (χ1v) is 14.5. The van der Waals surface area contributed by atoms with E-state index in [0.29, 0.717) is 5.02 Å². The van der Waals surface area contributed by atoms with Gasteiger partial charge in [-0.2, -0.15) is 0 Å². The van der Waals surface area contributed by atoms with Gasteiger partial charge in [0.05, 0.1) is 6.04 Å². The molecule has 3 aromatic carbocycles. The molecule has 3 aromatic rings. The fourth-order valence-corrected chi connectivity index (χ4v) is 5.73. The maximum atomic E-state index is 10.0. The van der Waals surface area contributed by atoms with Crippen molar-refractivity contribution in [2.75, 3.05) is 18.0 Å². The molecule has 4 heteroatoms. The van der Waals surface area contributed by atoms with Gasteiger partial charge in [-0.3, -0.25) is 5.32 Å². The van der Waals surface area contributed by atoms with Crippen molar-refractivity contribution in [2.45, 2.75) is 51.6 Å². The summed E-state index contributed by atoms with van der Waals surface area (Å²) in [5.74, 6) is 0.261. The van der Waals surface area contributed by atoms with E-state index in [1.165, 1.54) is 16.0 Å². The minimum atomic E-state index is -0.213. The van der Waals surface area contributed by atoms with Gasteiger partial charge in [-0.15, -0.1) is 0 Å². The zero-order valence-electron chi connectivity index (χ0n) is 23.9. The lowest BCUT2D eigenvalue weighted by Crippen LogP contribution is -2.51. The van der Waals surface area contributed by atoms with Crippen LogP contribution in [0.2, 0.25) is 5.02 Å². The Morgan fingerprint density at radius 1 is 1.10 bits per heavy atom. The van der Waals surface area contributed by atoms with E-state index in [2.05, 4.69) is 98.3 Å². The fraction of sp³-hybridized carbons (Fsp3) is 0.278. The molecular formula is C36H41ClN2O. The zero-order valence-corrected chi connectivity index (χ0v) is 24.7. The molecule has 208 valence electrons. The van der Waals surface area contributed by atoms with Crippen molar-refractivity contribution in [1.29, 1.82) is 0 Å². The van der Waals surface area contributed by atoms with Crippen LogP contribution in [-0.2, 0) is 0 Å². The van der Waals surface area contributed by atoms with Crippen LogP contribution in [0.1, 0.15) is 57.2 Å². The van der Waals surface area contributed by atoms with Gasteiger partial charge < -0.3 is 10.0 Å². The van der Waals surface area contributed by atoms with Crippen LogP contribution in [0.5, 0.6) is 5.75 Å². The van der Waals surface area contributed by atoms with Crippen molar-refractivity contribution in [3.8, 4) is 5.75 Å². The number of anilines is 1. The zero-order chi connectivity index (χ0) is 28.5. The monoisotopic (exact) mass is 552 g/mol. The number of fused-ring (bicyclic) bond motifs is 1. The molecule has 0 spiro atoms. The van der Waals surface area contributed by atoms with Crippen molar-refractivity contribution in [3.05, 3.63) is 130 Å². The third kappa shape index (κ3) is 7.35. The van der Waals surface area contributed by atoms with Crippen molar-refractivity contribution >= 4 is 29.4 Å². The maximum absolute atomic E-state index is 10.0. The predicted molar refractivity (Wildman–Crippen MR) is 172 cm³/mol. The molecule has 1 aliphatic heterocycles. The smallest absolute Gasteiger partial charge is 0.115 e. The molecule has 4 rings (SSSR count). The van der Waals surface area contributed by atoms with E-state index in [0.717, 1.165) is 49.2 Å². The number of aromatic hydroxyl groups is 1. The SMILES string of the molecule is C=C/C=C\C(=C/C)CN1CC(C)(CC/C=c2/cccc/c2=C/CC)NC(c2ccc(O)cc2)c2cc(Cl)ccc21. The summed E-state index contributed by atoms with van der Waals surface area (Å²) in [6.45, 7) is 12.0. The Balaban J connectivity index is 1.77. The number of allylic oxidation sites excluding steroid dienone is 3. The first-order chi connectivity index (χ1) is 19.4. The van der Waals surface area contributed by atoms with Crippen LogP contribution in [0.3, 0.4) is 0 Å². The van der Waals surface area contributed by atoms with E-state index >= 15 is 0 Å². The highest BCUT2D eigenvalue weighted by molar-refractivity contribution is 6.30. The first kappa shape index (κ1) is 29.5. The molecule has 0 aliphatic carbocycles. The fourth-order valence-electron chi connectivity index (χ4n) is 5.55. The van der Waals surface area contributed by atoms with Crippen LogP contribution in [0, 0.1) is 0 Å². The molecular weight excluding hydrogens is 512 g/mol. The van der Waals surface area contributed by atoms with E-state index in [4.69, 9.17) is 11.6 Å². The molecule has 0 aromatic heterocycles. The number of nitrogens with zero attached hydrogens (tertiary/aromatic N) is 1. The standard InChI is InChI=1S/C36H41ClN2O/c1-5-8-13-27(7-3)25-39-26-36(4,23-11-16-29-15-10-9-14-28(29)12-6-2)38-35(30-17-20-32(40)21-18-30)33-24-31(37)19-22-34(33)39/h5,7-10,12-22,24,35,38,40H,1,6,11,23,25-26H2,2-4H3/b13-8-,27-7+,28-12-,29-16-. The third-order valence-electron chi connectivity index (χ3n) is 7.57. The van der Waals surface area contributed by atoms with Crippen LogP contribution in [0.25, 0.3) is 12.2 Å². The van der Waals surface area contributed by atoms with Crippen molar-refractivity contribution in [3.63, 3.8) is 0 Å². The number of halogens is 1. The molecule has 2 atom stereocenters. The second-order valence-corrected chi connectivity index (χ2v) is 11.2.